The van der Waals surface area contributed by atoms with E-state index in [2.05, 4.69) is 83.1 Å². The number of rotatable bonds is 30. The fourth-order valence-corrected chi connectivity index (χ4v) is 5.12. The van der Waals surface area contributed by atoms with Crippen LogP contribution in [0.15, 0.2) is 0 Å². The summed E-state index contributed by atoms with van der Waals surface area (Å²) in [6.07, 6.45) is 50.9. The Labute approximate surface area is 320 Å². The topological polar surface area (TPSA) is 0 Å². The molecule has 0 aliphatic rings. The maximum absolute atomic E-state index is 2.26. The van der Waals surface area contributed by atoms with Crippen molar-refractivity contribution in [3.63, 3.8) is 0 Å². The van der Waals surface area contributed by atoms with Crippen molar-refractivity contribution in [1.29, 1.82) is 0 Å². The van der Waals surface area contributed by atoms with Crippen LogP contribution in [0.25, 0.3) is 0 Å². The quantitative estimate of drug-likeness (QED) is 0.0654. The third-order valence-corrected chi connectivity index (χ3v) is 8.74. The fourth-order valence-electron chi connectivity index (χ4n) is 5.12. The molecule has 0 heteroatoms. The molecule has 0 radical (unpaired) electrons. The molecule has 0 fully saturated rings. The second kappa shape index (κ2) is 81.8. The summed E-state index contributed by atoms with van der Waals surface area (Å²) in [7, 11) is 0. The number of hydrogen-bond donors (Lipinski definition) is 0. The van der Waals surface area contributed by atoms with Crippen molar-refractivity contribution in [2.24, 2.45) is 0 Å². The van der Waals surface area contributed by atoms with Gasteiger partial charge in [0.05, 0.1) is 0 Å². The van der Waals surface area contributed by atoms with Crippen molar-refractivity contribution in [2.45, 2.75) is 322 Å². The summed E-state index contributed by atoms with van der Waals surface area (Å²) in [5.74, 6) is 0. The van der Waals surface area contributed by atoms with E-state index in [4.69, 9.17) is 0 Å². The smallest absolute Gasteiger partial charge is 0.0533 e. The molecule has 0 bridgehead atoms. The van der Waals surface area contributed by atoms with Gasteiger partial charge < -0.3 is 0 Å². The minimum Gasteiger partial charge on any atom is -0.0776 e. The summed E-state index contributed by atoms with van der Waals surface area (Å²) in [6.45, 7) is 27.1. The first-order valence-electron chi connectivity index (χ1n) is 23.5. The Bertz CT molecular complexity index is 243. The van der Waals surface area contributed by atoms with Crippen LogP contribution < -0.4 is 0 Å². The molecule has 0 heterocycles. The monoisotopic (exact) mass is 701 g/mol. The molecule has 49 heavy (non-hydrogen) atoms. The lowest BCUT2D eigenvalue weighted by Gasteiger charge is -1.93. The first kappa shape index (κ1) is 64.0. The summed E-state index contributed by atoms with van der Waals surface area (Å²) in [4.78, 5) is 0. The van der Waals surface area contributed by atoms with Gasteiger partial charge in [-0.15, -0.1) is 0 Å². The molecule has 0 amide bonds. The van der Waals surface area contributed by atoms with Gasteiger partial charge in [-0.1, -0.05) is 322 Å². The summed E-state index contributed by atoms with van der Waals surface area (Å²) >= 11 is 0. The fraction of sp³-hybridized carbons (Fsp3) is 1.00. The Kier molecular flexibility index (Phi) is 107. The molecule has 0 spiro atoms. The highest BCUT2D eigenvalue weighted by atomic mass is 13.9. The molecule has 0 aliphatic heterocycles. The van der Waals surface area contributed by atoms with Gasteiger partial charge in [0.2, 0.25) is 0 Å². The van der Waals surface area contributed by atoms with Gasteiger partial charge in [-0.05, 0) is 0 Å². The molecule has 0 N–H and O–H groups in total. The van der Waals surface area contributed by atoms with E-state index in [-0.39, 0.29) is 7.43 Å². The van der Waals surface area contributed by atoms with Gasteiger partial charge in [0, 0.05) is 0 Å². The largest absolute Gasteiger partial charge is 0.0776 e. The lowest BCUT2D eigenvalue weighted by Crippen LogP contribution is -1.73. The van der Waals surface area contributed by atoms with Crippen molar-refractivity contribution in [1.82, 2.24) is 0 Å². The van der Waals surface area contributed by atoms with E-state index >= 15 is 0 Å². The van der Waals surface area contributed by atoms with Gasteiger partial charge in [-0.25, -0.2) is 0 Å². The van der Waals surface area contributed by atoms with Gasteiger partial charge in [-0.3, -0.25) is 0 Å². The van der Waals surface area contributed by atoms with Gasteiger partial charge >= 0.3 is 0 Å². The normalized spacial score (nSPS) is 9.55. The zero-order valence-corrected chi connectivity index (χ0v) is 37.5. The maximum Gasteiger partial charge on any atom is -0.0533 e. The van der Waals surface area contributed by atoms with E-state index in [9.17, 15) is 0 Å². The molecule has 0 atom stereocenters. The Morgan fingerprint density at radius 3 is 0.224 bits per heavy atom. The second-order valence-corrected chi connectivity index (χ2v) is 14.5. The number of unbranched alkanes of at least 4 members (excludes halogenated alkanes) is 30. The summed E-state index contributed by atoms with van der Waals surface area (Å²) in [6, 6.07) is 0. The molecule has 0 saturated carbocycles. The molecule has 308 valence electrons. The first-order chi connectivity index (χ1) is 23.5. The van der Waals surface area contributed by atoms with Crippen LogP contribution in [-0.2, 0) is 0 Å². The van der Waals surface area contributed by atoms with Crippen molar-refractivity contribution in [3.8, 4) is 0 Å². The van der Waals surface area contributed by atoms with Crippen molar-refractivity contribution in [3.05, 3.63) is 0 Å². The molecular formula is C49H112. The van der Waals surface area contributed by atoms with E-state index in [1.165, 1.54) is 231 Å². The first-order valence-corrected chi connectivity index (χ1v) is 23.5. The van der Waals surface area contributed by atoms with Gasteiger partial charge in [0.15, 0.2) is 0 Å². The standard InChI is InChI=1S/6C8H18.CH4/c6*1-3-5-7-8-6-4-2;/h6*3-8H2,1-2H3;1H4. The molecular weight excluding hydrogens is 589 g/mol. The van der Waals surface area contributed by atoms with E-state index in [1.807, 2.05) is 0 Å². The number of hydrogen-bond acceptors (Lipinski definition) is 0. The summed E-state index contributed by atoms with van der Waals surface area (Å²) in [5, 5.41) is 0. The van der Waals surface area contributed by atoms with Gasteiger partial charge in [0.1, 0.15) is 0 Å². The highest BCUT2D eigenvalue weighted by molar-refractivity contribution is 4.42. The van der Waals surface area contributed by atoms with Crippen LogP contribution in [0.2, 0.25) is 0 Å². The van der Waals surface area contributed by atoms with Crippen molar-refractivity contribution < 1.29 is 0 Å². The third-order valence-electron chi connectivity index (χ3n) is 8.74. The van der Waals surface area contributed by atoms with E-state index in [0.29, 0.717) is 0 Å². The Morgan fingerprint density at radius 1 is 0.122 bits per heavy atom. The van der Waals surface area contributed by atoms with Crippen molar-refractivity contribution >= 4 is 0 Å². The molecule has 0 aromatic rings. The Balaban J connectivity index is -0.0000000860. The van der Waals surface area contributed by atoms with Gasteiger partial charge in [0.25, 0.3) is 0 Å². The summed E-state index contributed by atoms with van der Waals surface area (Å²) in [5.41, 5.74) is 0. The highest BCUT2D eigenvalue weighted by Gasteiger charge is 1.86. The van der Waals surface area contributed by atoms with Gasteiger partial charge in [-0.2, -0.15) is 0 Å². The van der Waals surface area contributed by atoms with Crippen LogP contribution >= 0.6 is 0 Å². The Hall–Kier alpha value is 0. The average molecular weight is 701 g/mol. The highest BCUT2D eigenvalue weighted by Crippen LogP contribution is 2.06. The molecule has 0 aromatic heterocycles. The molecule has 0 unspecified atom stereocenters. The predicted octanol–water partition coefficient (Wildman–Crippen LogP) is 20.8. The SMILES string of the molecule is C.CCCCCCCC.CCCCCCCC.CCCCCCCC.CCCCCCCC.CCCCCCCC.CCCCCCCC. The average Bonchev–Trinajstić information content (AvgIpc) is 3.11. The van der Waals surface area contributed by atoms with Crippen LogP contribution in [0.3, 0.4) is 0 Å². The van der Waals surface area contributed by atoms with E-state index in [1.54, 1.807) is 0 Å². The summed E-state index contributed by atoms with van der Waals surface area (Å²) < 4.78 is 0. The van der Waals surface area contributed by atoms with Crippen LogP contribution in [0.4, 0.5) is 0 Å². The lowest BCUT2D eigenvalue weighted by atomic mass is 10.1. The molecule has 0 saturated heterocycles. The molecule has 0 aliphatic carbocycles. The zero-order valence-electron chi connectivity index (χ0n) is 37.5. The molecule has 0 aromatic carbocycles. The predicted molar refractivity (Wildman–Crippen MR) is 241 cm³/mol. The van der Waals surface area contributed by atoms with E-state index in [0.717, 1.165) is 0 Å². The zero-order chi connectivity index (χ0) is 37.5. The second-order valence-electron chi connectivity index (χ2n) is 14.5. The minimum atomic E-state index is 0. The van der Waals surface area contributed by atoms with Crippen LogP contribution in [0.5, 0.6) is 0 Å². The van der Waals surface area contributed by atoms with Crippen molar-refractivity contribution in [2.75, 3.05) is 0 Å². The minimum absolute atomic E-state index is 0. The van der Waals surface area contributed by atoms with Crippen LogP contribution in [0, 0.1) is 0 Å². The molecule has 0 rings (SSSR count). The lowest BCUT2D eigenvalue weighted by molar-refractivity contribution is 0.624. The molecule has 0 nitrogen and oxygen atoms in total. The van der Waals surface area contributed by atoms with Crippen LogP contribution in [-0.4, -0.2) is 0 Å². The maximum atomic E-state index is 2.26. The Morgan fingerprint density at radius 2 is 0.184 bits per heavy atom. The van der Waals surface area contributed by atoms with E-state index < -0.39 is 0 Å². The van der Waals surface area contributed by atoms with Crippen LogP contribution in [0.1, 0.15) is 322 Å². The third kappa shape index (κ3) is 113.